The number of para-hydroxylation sites is 1. The van der Waals surface area contributed by atoms with Gasteiger partial charge in [-0.15, -0.1) is 23.1 Å². The molecule has 0 aliphatic heterocycles. The van der Waals surface area contributed by atoms with Crippen LogP contribution in [0.2, 0.25) is 0 Å². The van der Waals surface area contributed by atoms with Crippen molar-refractivity contribution in [1.82, 2.24) is 10.3 Å². The van der Waals surface area contributed by atoms with Crippen LogP contribution in [0.5, 0.6) is 0 Å². The molecule has 0 aliphatic carbocycles. The molecule has 0 radical (unpaired) electrons. The first-order valence-electron chi connectivity index (χ1n) is 6.51. The maximum atomic E-state index is 11.9. The number of carbonyl (C=O) groups is 2. The molecule has 0 saturated heterocycles. The van der Waals surface area contributed by atoms with E-state index in [1.807, 2.05) is 25.1 Å². The highest BCUT2D eigenvalue weighted by molar-refractivity contribution is 8.00. The number of nitrogens with two attached hydrogens (primary N) is 1. The summed E-state index contributed by atoms with van der Waals surface area (Å²) >= 11 is 2.83. The van der Waals surface area contributed by atoms with Crippen molar-refractivity contribution >= 4 is 40.7 Å². The summed E-state index contributed by atoms with van der Waals surface area (Å²) in [7, 11) is 0. The van der Waals surface area contributed by atoms with E-state index in [1.165, 1.54) is 11.8 Å². The molecule has 0 atom stereocenters. The molecule has 2 aromatic rings. The number of urea groups is 1. The minimum Gasteiger partial charge on any atom is -0.369 e. The number of primary amides is 1. The summed E-state index contributed by atoms with van der Waals surface area (Å²) in [6, 6.07) is 6.96. The van der Waals surface area contributed by atoms with Crippen LogP contribution in [0.1, 0.15) is 9.88 Å². The summed E-state index contributed by atoms with van der Waals surface area (Å²) in [6.07, 6.45) is 1.75. The van der Waals surface area contributed by atoms with Crippen molar-refractivity contribution in [1.29, 1.82) is 0 Å². The fourth-order valence-electron chi connectivity index (χ4n) is 1.67. The van der Waals surface area contributed by atoms with E-state index in [4.69, 9.17) is 5.73 Å². The molecule has 0 saturated carbocycles. The lowest BCUT2D eigenvalue weighted by atomic mass is 10.3. The van der Waals surface area contributed by atoms with E-state index < -0.39 is 5.91 Å². The van der Waals surface area contributed by atoms with Crippen molar-refractivity contribution < 1.29 is 9.59 Å². The lowest BCUT2D eigenvalue weighted by Crippen LogP contribution is -2.28. The molecule has 2 rings (SSSR count). The van der Waals surface area contributed by atoms with E-state index in [9.17, 15) is 9.59 Å². The van der Waals surface area contributed by atoms with Crippen molar-refractivity contribution in [3.05, 3.63) is 40.3 Å². The lowest BCUT2D eigenvalue weighted by molar-refractivity contribution is -0.115. The van der Waals surface area contributed by atoms with Gasteiger partial charge in [-0.2, -0.15) is 0 Å². The van der Waals surface area contributed by atoms with Gasteiger partial charge in [0, 0.05) is 16.0 Å². The van der Waals surface area contributed by atoms with Crippen LogP contribution in [-0.4, -0.2) is 22.7 Å². The monoisotopic (exact) mass is 336 g/mol. The van der Waals surface area contributed by atoms with Crippen LogP contribution in [0.4, 0.5) is 10.5 Å². The number of hydrogen-bond acceptors (Lipinski definition) is 5. The van der Waals surface area contributed by atoms with Crippen LogP contribution >= 0.6 is 23.1 Å². The number of nitrogens with zero attached hydrogens (tertiary/aromatic N) is 1. The van der Waals surface area contributed by atoms with Gasteiger partial charge >= 0.3 is 6.03 Å². The van der Waals surface area contributed by atoms with Crippen LogP contribution in [-0.2, 0) is 11.3 Å². The molecular weight excluding hydrogens is 320 g/mol. The van der Waals surface area contributed by atoms with Gasteiger partial charge in [-0.3, -0.25) is 4.79 Å². The molecule has 0 spiro atoms. The topological polar surface area (TPSA) is 97.1 Å². The van der Waals surface area contributed by atoms with Gasteiger partial charge in [0.15, 0.2) is 0 Å². The predicted molar refractivity (Wildman–Crippen MR) is 89.1 cm³/mol. The Bertz CT molecular complexity index is 672. The number of benzene rings is 1. The van der Waals surface area contributed by atoms with Crippen molar-refractivity contribution in [3.8, 4) is 0 Å². The largest absolute Gasteiger partial charge is 0.369 e. The van der Waals surface area contributed by atoms with E-state index in [0.29, 0.717) is 12.2 Å². The van der Waals surface area contributed by atoms with Gasteiger partial charge in [-0.25, -0.2) is 9.78 Å². The minimum atomic E-state index is -0.398. The third-order valence-corrected chi connectivity index (χ3v) is 4.61. The maximum absolute atomic E-state index is 11.9. The fourth-order valence-corrected chi connectivity index (χ4v) is 3.15. The smallest absolute Gasteiger partial charge is 0.319 e. The van der Waals surface area contributed by atoms with Crippen LogP contribution in [0, 0.1) is 6.92 Å². The summed E-state index contributed by atoms with van der Waals surface area (Å²) < 4.78 is 0. The molecule has 0 aliphatic rings. The predicted octanol–water partition coefficient (Wildman–Crippen LogP) is 2.35. The summed E-state index contributed by atoms with van der Waals surface area (Å²) in [5, 5.41) is 6.51. The Morgan fingerprint density at radius 2 is 2.14 bits per heavy atom. The highest BCUT2D eigenvalue weighted by Crippen LogP contribution is 2.26. The van der Waals surface area contributed by atoms with E-state index in [0.717, 1.165) is 14.8 Å². The number of amides is 3. The second-order valence-electron chi connectivity index (χ2n) is 4.40. The molecule has 1 heterocycles. The molecule has 6 nitrogen and oxygen atoms in total. The average Bonchev–Trinajstić information content (AvgIpc) is 2.90. The van der Waals surface area contributed by atoms with Crippen molar-refractivity contribution in [2.24, 2.45) is 5.73 Å². The van der Waals surface area contributed by atoms with Crippen LogP contribution in [0.15, 0.2) is 35.4 Å². The maximum Gasteiger partial charge on any atom is 0.319 e. The molecule has 0 bridgehead atoms. The van der Waals surface area contributed by atoms with E-state index in [2.05, 4.69) is 15.6 Å². The Hall–Kier alpha value is -2.06. The first-order chi connectivity index (χ1) is 10.5. The first kappa shape index (κ1) is 16.3. The zero-order valence-corrected chi connectivity index (χ0v) is 13.6. The van der Waals surface area contributed by atoms with E-state index >= 15 is 0 Å². The summed E-state index contributed by atoms with van der Waals surface area (Å²) in [4.78, 5) is 28.7. The van der Waals surface area contributed by atoms with Gasteiger partial charge in [0.1, 0.15) is 0 Å². The third-order valence-electron chi connectivity index (χ3n) is 2.60. The van der Waals surface area contributed by atoms with Crippen LogP contribution in [0.25, 0.3) is 0 Å². The van der Waals surface area contributed by atoms with Gasteiger partial charge in [-0.05, 0) is 19.1 Å². The van der Waals surface area contributed by atoms with Gasteiger partial charge in [-0.1, -0.05) is 12.1 Å². The third kappa shape index (κ3) is 5.05. The number of carbonyl (C=O) groups excluding carboxylic acids is 2. The molecule has 0 fully saturated rings. The zero-order valence-electron chi connectivity index (χ0n) is 12.0. The van der Waals surface area contributed by atoms with Gasteiger partial charge in [0.05, 0.1) is 23.0 Å². The Balaban J connectivity index is 1.91. The number of anilines is 1. The molecule has 1 aromatic carbocycles. The number of thiazole rings is 1. The first-order valence-corrected chi connectivity index (χ1v) is 8.31. The Kier molecular flexibility index (Phi) is 5.79. The molecule has 4 N–H and O–H groups in total. The summed E-state index contributed by atoms with van der Waals surface area (Å²) in [5.74, 6) is -0.231. The molecular formula is C14H16N4O2S2. The Morgan fingerprint density at radius 3 is 2.82 bits per heavy atom. The number of thioether (sulfide) groups is 1. The van der Waals surface area contributed by atoms with Gasteiger partial charge < -0.3 is 16.4 Å². The van der Waals surface area contributed by atoms with Crippen LogP contribution < -0.4 is 16.4 Å². The van der Waals surface area contributed by atoms with E-state index in [1.54, 1.807) is 23.6 Å². The standard InChI is InChI=1S/C14H16N4O2S2/c1-9-16-6-10(22-9)7-17-14(20)18-11-4-2-3-5-12(11)21-8-13(15)19/h2-6H,7-8H2,1H3,(H2,15,19)(H2,17,18,20). The second-order valence-corrected chi connectivity index (χ2v) is 6.74. The van der Waals surface area contributed by atoms with Gasteiger partial charge in [0.25, 0.3) is 0 Å². The number of nitrogens with one attached hydrogen (secondary N) is 2. The van der Waals surface area contributed by atoms with Crippen molar-refractivity contribution in [2.75, 3.05) is 11.1 Å². The molecule has 22 heavy (non-hydrogen) atoms. The lowest BCUT2D eigenvalue weighted by Gasteiger charge is -2.10. The molecule has 0 unspecified atom stereocenters. The van der Waals surface area contributed by atoms with Gasteiger partial charge in [0.2, 0.25) is 5.91 Å². The molecule has 116 valence electrons. The van der Waals surface area contributed by atoms with Crippen molar-refractivity contribution in [3.63, 3.8) is 0 Å². The summed E-state index contributed by atoms with van der Waals surface area (Å²) in [5.41, 5.74) is 5.79. The normalized spacial score (nSPS) is 10.2. The molecule has 3 amide bonds. The highest BCUT2D eigenvalue weighted by Gasteiger charge is 2.08. The van der Waals surface area contributed by atoms with E-state index in [-0.39, 0.29) is 11.8 Å². The number of hydrogen-bond donors (Lipinski definition) is 3. The number of aryl methyl sites for hydroxylation is 1. The molecule has 1 aromatic heterocycles. The Morgan fingerprint density at radius 1 is 1.36 bits per heavy atom. The second kappa shape index (κ2) is 7.81. The SMILES string of the molecule is Cc1ncc(CNC(=O)Nc2ccccc2SCC(N)=O)s1. The van der Waals surface area contributed by atoms with Crippen LogP contribution in [0.3, 0.4) is 0 Å². The highest BCUT2D eigenvalue weighted by atomic mass is 32.2. The zero-order chi connectivity index (χ0) is 15.9. The van der Waals surface area contributed by atoms with Crippen molar-refractivity contribution in [2.45, 2.75) is 18.4 Å². The Labute approximate surface area is 136 Å². The molecule has 8 heteroatoms. The summed E-state index contributed by atoms with van der Waals surface area (Å²) in [6.45, 7) is 2.34. The number of aromatic nitrogens is 1. The number of rotatable bonds is 6. The quantitative estimate of drug-likeness (QED) is 0.705. The minimum absolute atomic E-state index is 0.167. The average molecular weight is 336 g/mol. The fraction of sp³-hybridized carbons (Fsp3) is 0.214.